The second kappa shape index (κ2) is 7.64. The van der Waals surface area contributed by atoms with Gasteiger partial charge in [-0.2, -0.15) is 0 Å². The molecule has 1 aromatic carbocycles. The Kier molecular flexibility index (Phi) is 5.57. The summed E-state index contributed by atoms with van der Waals surface area (Å²) < 4.78 is 9.92. The Morgan fingerprint density at radius 2 is 1.76 bits per heavy atom. The minimum atomic E-state index is -0.325. The van der Waals surface area contributed by atoms with Crippen molar-refractivity contribution < 1.29 is 19.1 Å². The summed E-state index contributed by atoms with van der Waals surface area (Å²) in [4.78, 5) is 26.9. The van der Waals surface area contributed by atoms with E-state index in [4.69, 9.17) is 4.74 Å². The SMILES string of the molecule is COC(=O)CCN1CCN(C(=O)Oc2ccccc2)CC1. The van der Waals surface area contributed by atoms with Crippen LogP contribution in [0.2, 0.25) is 0 Å². The molecule has 2 rings (SSSR count). The van der Waals surface area contributed by atoms with Crippen molar-refractivity contribution in [1.82, 2.24) is 9.80 Å². The van der Waals surface area contributed by atoms with Crippen molar-refractivity contribution in [3.05, 3.63) is 30.3 Å². The van der Waals surface area contributed by atoms with Crippen molar-refractivity contribution >= 4 is 12.1 Å². The number of rotatable bonds is 4. The molecule has 1 saturated heterocycles. The lowest BCUT2D eigenvalue weighted by Gasteiger charge is -2.33. The van der Waals surface area contributed by atoms with E-state index >= 15 is 0 Å². The first kappa shape index (κ1) is 15.3. The van der Waals surface area contributed by atoms with Crippen LogP contribution in [0.25, 0.3) is 0 Å². The number of methoxy groups -OCH3 is 1. The van der Waals surface area contributed by atoms with Gasteiger partial charge in [0.2, 0.25) is 0 Å². The van der Waals surface area contributed by atoms with Crippen molar-refractivity contribution in [1.29, 1.82) is 0 Å². The van der Waals surface area contributed by atoms with E-state index < -0.39 is 0 Å². The van der Waals surface area contributed by atoms with E-state index in [1.807, 2.05) is 18.2 Å². The smallest absolute Gasteiger partial charge is 0.415 e. The number of hydrogen-bond donors (Lipinski definition) is 0. The molecule has 0 saturated carbocycles. The predicted molar refractivity (Wildman–Crippen MR) is 77.1 cm³/mol. The van der Waals surface area contributed by atoms with Gasteiger partial charge in [0.1, 0.15) is 5.75 Å². The van der Waals surface area contributed by atoms with Crippen LogP contribution >= 0.6 is 0 Å². The van der Waals surface area contributed by atoms with Crippen molar-refractivity contribution in [2.45, 2.75) is 6.42 Å². The standard InChI is InChI=1S/C15H20N2O4/c1-20-14(18)7-8-16-9-11-17(12-10-16)15(19)21-13-5-3-2-4-6-13/h2-6H,7-12H2,1H3. The predicted octanol–water partition coefficient (Wildman–Crippen LogP) is 1.37. The van der Waals surface area contributed by atoms with E-state index in [2.05, 4.69) is 9.64 Å². The Labute approximate surface area is 124 Å². The molecule has 0 unspecified atom stereocenters. The van der Waals surface area contributed by atoms with Gasteiger partial charge in [-0.05, 0) is 12.1 Å². The Hall–Kier alpha value is -2.08. The molecule has 1 heterocycles. The lowest BCUT2D eigenvalue weighted by molar-refractivity contribution is -0.141. The van der Waals surface area contributed by atoms with Crippen LogP contribution in [0, 0.1) is 0 Å². The quantitative estimate of drug-likeness (QED) is 0.784. The van der Waals surface area contributed by atoms with Gasteiger partial charge >= 0.3 is 12.1 Å². The molecule has 0 aromatic heterocycles. The van der Waals surface area contributed by atoms with Crippen LogP contribution < -0.4 is 4.74 Å². The molecule has 0 N–H and O–H groups in total. The van der Waals surface area contributed by atoms with Gasteiger partial charge in [-0.25, -0.2) is 4.79 Å². The number of para-hydroxylation sites is 1. The molecule has 0 aliphatic carbocycles. The Morgan fingerprint density at radius 3 is 2.38 bits per heavy atom. The van der Waals surface area contributed by atoms with E-state index in [-0.39, 0.29) is 12.1 Å². The van der Waals surface area contributed by atoms with Gasteiger partial charge < -0.3 is 14.4 Å². The summed E-state index contributed by atoms with van der Waals surface area (Å²) in [7, 11) is 1.39. The average Bonchev–Trinajstić information content (AvgIpc) is 2.54. The number of ether oxygens (including phenoxy) is 2. The molecule has 1 fully saturated rings. The second-order valence-corrected chi connectivity index (χ2v) is 4.84. The number of carbonyl (C=O) groups is 2. The maximum atomic E-state index is 12.0. The fourth-order valence-corrected chi connectivity index (χ4v) is 2.16. The number of nitrogens with zero attached hydrogens (tertiary/aromatic N) is 2. The number of hydrogen-bond acceptors (Lipinski definition) is 5. The monoisotopic (exact) mass is 292 g/mol. The number of piperazine rings is 1. The van der Waals surface area contributed by atoms with Gasteiger partial charge in [-0.1, -0.05) is 18.2 Å². The van der Waals surface area contributed by atoms with Crippen LogP contribution in [-0.2, 0) is 9.53 Å². The minimum absolute atomic E-state index is 0.207. The summed E-state index contributed by atoms with van der Waals surface area (Å²) in [6.07, 6.45) is 0.0548. The molecule has 1 aliphatic heterocycles. The molecular formula is C15H20N2O4. The van der Waals surface area contributed by atoms with Gasteiger partial charge in [0, 0.05) is 32.7 Å². The first-order valence-electron chi connectivity index (χ1n) is 7.00. The van der Waals surface area contributed by atoms with Crippen LogP contribution in [0.4, 0.5) is 4.79 Å². The third-order valence-electron chi connectivity index (χ3n) is 3.44. The summed E-state index contributed by atoms with van der Waals surface area (Å²) in [6, 6.07) is 9.03. The van der Waals surface area contributed by atoms with Crippen LogP contribution in [0.1, 0.15) is 6.42 Å². The second-order valence-electron chi connectivity index (χ2n) is 4.84. The zero-order valence-electron chi connectivity index (χ0n) is 12.2. The summed E-state index contributed by atoms with van der Waals surface area (Å²) >= 11 is 0. The van der Waals surface area contributed by atoms with Crippen LogP contribution in [-0.4, -0.2) is 61.7 Å². The van der Waals surface area contributed by atoms with E-state index in [1.165, 1.54) is 7.11 Å². The normalized spacial score (nSPS) is 15.6. The molecule has 6 heteroatoms. The minimum Gasteiger partial charge on any atom is -0.469 e. The summed E-state index contributed by atoms with van der Waals surface area (Å²) in [5, 5.41) is 0. The largest absolute Gasteiger partial charge is 0.469 e. The number of benzene rings is 1. The molecule has 0 bridgehead atoms. The molecular weight excluding hydrogens is 272 g/mol. The number of esters is 1. The van der Waals surface area contributed by atoms with Crippen molar-refractivity contribution in [2.75, 3.05) is 39.8 Å². The highest BCUT2D eigenvalue weighted by atomic mass is 16.6. The molecule has 1 amide bonds. The Balaban J connectivity index is 1.73. The molecule has 1 aromatic rings. The molecule has 0 atom stereocenters. The van der Waals surface area contributed by atoms with Gasteiger partial charge in [-0.15, -0.1) is 0 Å². The van der Waals surface area contributed by atoms with Gasteiger partial charge in [0.15, 0.2) is 0 Å². The maximum absolute atomic E-state index is 12.0. The van der Waals surface area contributed by atoms with E-state index in [0.717, 1.165) is 13.1 Å². The third-order valence-corrected chi connectivity index (χ3v) is 3.44. The topological polar surface area (TPSA) is 59.1 Å². The Morgan fingerprint density at radius 1 is 1.10 bits per heavy atom. The highest BCUT2D eigenvalue weighted by molar-refractivity contribution is 5.71. The lowest BCUT2D eigenvalue weighted by atomic mass is 10.3. The highest BCUT2D eigenvalue weighted by Gasteiger charge is 2.22. The fraction of sp³-hybridized carbons (Fsp3) is 0.467. The maximum Gasteiger partial charge on any atom is 0.415 e. The first-order valence-corrected chi connectivity index (χ1v) is 7.00. The average molecular weight is 292 g/mol. The van der Waals surface area contributed by atoms with E-state index in [1.54, 1.807) is 17.0 Å². The summed E-state index contributed by atoms with van der Waals surface area (Å²) in [5.74, 6) is 0.344. The van der Waals surface area contributed by atoms with Crippen molar-refractivity contribution in [2.24, 2.45) is 0 Å². The van der Waals surface area contributed by atoms with Crippen LogP contribution in [0.3, 0.4) is 0 Å². The Bertz CT molecular complexity index is 470. The molecule has 6 nitrogen and oxygen atoms in total. The van der Waals surface area contributed by atoms with Crippen LogP contribution in [0.5, 0.6) is 5.75 Å². The van der Waals surface area contributed by atoms with E-state index in [9.17, 15) is 9.59 Å². The lowest BCUT2D eigenvalue weighted by Crippen LogP contribution is -2.49. The van der Waals surface area contributed by atoms with Crippen LogP contribution in [0.15, 0.2) is 30.3 Å². The molecule has 114 valence electrons. The number of amides is 1. The zero-order valence-corrected chi connectivity index (χ0v) is 12.2. The molecule has 21 heavy (non-hydrogen) atoms. The fourth-order valence-electron chi connectivity index (χ4n) is 2.16. The summed E-state index contributed by atoms with van der Waals surface area (Å²) in [5.41, 5.74) is 0. The zero-order chi connectivity index (χ0) is 15.1. The summed E-state index contributed by atoms with van der Waals surface area (Å²) in [6.45, 7) is 3.34. The number of carbonyl (C=O) groups excluding carboxylic acids is 2. The van der Waals surface area contributed by atoms with Gasteiger partial charge in [0.05, 0.1) is 13.5 Å². The van der Waals surface area contributed by atoms with Crippen molar-refractivity contribution in [3.63, 3.8) is 0 Å². The van der Waals surface area contributed by atoms with E-state index in [0.29, 0.717) is 31.8 Å². The molecule has 0 radical (unpaired) electrons. The van der Waals surface area contributed by atoms with Crippen molar-refractivity contribution in [3.8, 4) is 5.75 Å². The molecule has 1 aliphatic rings. The highest BCUT2D eigenvalue weighted by Crippen LogP contribution is 2.11. The molecule has 0 spiro atoms. The van der Waals surface area contributed by atoms with Gasteiger partial charge in [0.25, 0.3) is 0 Å². The van der Waals surface area contributed by atoms with Gasteiger partial charge in [-0.3, -0.25) is 9.69 Å². The third kappa shape index (κ3) is 4.75. The first-order chi connectivity index (χ1) is 10.2.